The first-order valence-corrected chi connectivity index (χ1v) is 6.82. The van der Waals surface area contributed by atoms with Crippen LogP contribution in [-0.4, -0.2) is 22.6 Å². The Labute approximate surface area is 100 Å². The minimum absolute atomic E-state index is 0.0823. The van der Waals surface area contributed by atoms with E-state index >= 15 is 0 Å². The highest BCUT2D eigenvalue weighted by Gasteiger charge is 2.30. The summed E-state index contributed by atoms with van der Waals surface area (Å²) < 4.78 is 0. The second-order valence-electron chi connectivity index (χ2n) is 4.43. The molecule has 1 fully saturated rings. The lowest BCUT2D eigenvalue weighted by Crippen LogP contribution is -2.25. The van der Waals surface area contributed by atoms with Gasteiger partial charge < -0.3 is 0 Å². The molecule has 0 spiro atoms. The SMILES string of the molecule is CC1C=CC(C(=O)C(=O)C2CCCS2)=CC1. The van der Waals surface area contributed by atoms with Crippen molar-refractivity contribution in [1.29, 1.82) is 0 Å². The summed E-state index contributed by atoms with van der Waals surface area (Å²) in [6.45, 7) is 2.10. The van der Waals surface area contributed by atoms with Crippen LogP contribution in [0.2, 0.25) is 0 Å². The zero-order valence-electron chi connectivity index (χ0n) is 9.44. The Balaban J connectivity index is 2.02. The van der Waals surface area contributed by atoms with Gasteiger partial charge in [-0.1, -0.05) is 25.2 Å². The Morgan fingerprint density at radius 2 is 2.25 bits per heavy atom. The van der Waals surface area contributed by atoms with E-state index in [1.54, 1.807) is 17.8 Å². The highest BCUT2D eigenvalue weighted by Crippen LogP contribution is 2.28. The molecule has 1 aliphatic carbocycles. The molecule has 0 aromatic rings. The van der Waals surface area contributed by atoms with Crippen LogP contribution < -0.4 is 0 Å². The molecule has 2 nitrogen and oxygen atoms in total. The highest BCUT2D eigenvalue weighted by molar-refractivity contribution is 8.01. The third-order valence-corrected chi connectivity index (χ3v) is 4.40. The number of carbonyl (C=O) groups excluding carboxylic acids is 2. The molecule has 0 aromatic carbocycles. The van der Waals surface area contributed by atoms with Crippen LogP contribution in [0, 0.1) is 5.92 Å². The molecule has 2 unspecified atom stereocenters. The fourth-order valence-electron chi connectivity index (χ4n) is 1.97. The van der Waals surface area contributed by atoms with E-state index in [0.717, 1.165) is 25.0 Å². The second kappa shape index (κ2) is 5.00. The number of ketones is 2. The number of thioether (sulfide) groups is 1. The van der Waals surface area contributed by atoms with E-state index in [2.05, 4.69) is 6.92 Å². The fourth-order valence-corrected chi connectivity index (χ4v) is 3.18. The maximum atomic E-state index is 11.9. The molecule has 2 rings (SSSR count). The topological polar surface area (TPSA) is 34.1 Å². The van der Waals surface area contributed by atoms with Crippen molar-refractivity contribution in [3.63, 3.8) is 0 Å². The van der Waals surface area contributed by atoms with Gasteiger partial charge in [0.25, 0.3) is 0 Å². The van der Waals surface area contributed by atoms with Crippen molar-refractivity contribution in [2.24, 2.45) is 5.92 Å². The van der Waals surface area contributed by atoms with Gasteiger partial charge in [0.05, 0.1) is 5.25 Å². The summed E-state index contributed by atoms with van der Waals surface area (Å²) in [6, 6.07) is 0. The summed E-state index contributed by atoms with van der Waals surface area (Å²) in [6.07, 6.45) is 8.48. The lowest BCUT2D eigenvalue weighted by molar-refractivity contribution is -0.133. The van der Waals surface area contributed by atoms with E-state index in [-0.39, 0.29) is 16.8 Å². The van der Waals surface area contributed by atoms with Gasteiger partial charge in [0, 0.05) is 5.57 Å². The number of Topliss-reactive ketones (excluding diaryl/α,β-unsaturated/α-hetero) is 2. The molecule has 1 heterocycles. The number of hydrogen-bond acceptors (Lipinski definition) is 3. The normalized spacial score (nSPS) is 28.9. The minimum atomic E-state index is -0.289. The Hall–Kier alpha value is -0.830. The first kappa shape index (κ1) is 11.6. The van der Waals surface area contributed by atoms with Crippen molar-refractivity contribution in [3.8, 4) is 0 Å². The van der Waals surface area contributed by atoms with Gasteiger partial charge in [-0.2, -0.15) is 11.8 Å². The lowest BCUT2D eigenvalue weighted by Gasteiger charge is -2.12. The molecule has 0 saturated carbocycles. The van der Waals surface area contributed by atoms with Crippen LogP contribution in [0.1, 0.15) is 26.2 Å². The molecule has 0 aromatic heterocycles. The van der Waals surface area contributed by atoms with Crippen molar-refractivity contribution in [2.75, 3.05) is 5.75 Å². The van der Waals surface area contributed by atoms with Gasteiger partial charge in [-0.05, 0) is 30.9 Å². The molecule has 3 heteroatoms. The third kappa shape index (κ3) is 2.46. The van der Waals surface area contributed by atoms with Gasteiger partial charge >= 0.3 is 0 Å². The maximum absolute atomic E-state index is 11.9. The average molecular weight is 236 g/mol. The molecular weight excluding hydrogens is 220 g/mol. The predicted octanol–water partition coefficient (Wildman–Crippen LogP) is 2.54. The van der Waals surface area contributed by atoms with Crippen LogP contribution in [-0.2, 0) is 9.59 Å². The smallest absolute Gasteiger partial charge is 0.229 e. The minimum Gasteiger partial charge on any atom is -0.289 e. The Morgan fingerprint density at radius 1 is 1.44 bits per heavy atom. The van der Waals surface area contributed by atoms with E-state index in [1.165, 1.54) is 0 Å². The van der Waals surface area contributed by atoms with E-state index in [9.17, 15) is 9.59 Å². The molecular formula is C13H16O2S. The first-order valence-electron chi connectivity index (χ1n) is 5.77. The molecule has 2 atom stereocenters. The molecule has 0 radical (unpaired) electrons. The molecule has 2 aliphatic rings. The maximum Gasteiger partial charge on any atom is 0.229 e. The quantitative estimate of drug-likeness (QED) is 0.706. The number of rotatable bonds is 3. The molecule has 0 amide bonds. The Kier molecular flexibility index (Phi) is 3.64. The van der Waals surface area contributed by atoms with Gasteiger partial charge in [-0.25, -0.2) is 0 Å². The standard InChI is InChI=1S/C13H16O2S/c1-9-4-6-10(7-5-9)12(14)13(15)11-3-2-8-16-11/h4,6-7,9,11H,2-3,5,8H2,1H3. The van der Waals surface area contributed by atoms with E-state index in [0.29, 0.717) is 11.5 Å². The summed E-state index contributed by atoms with van der Waals surface area (Å²) >= 11 is 1.62. The van der Waals surface area contributed by atoms with Crippen molar-refractivity contribution in [2.45, 2.75) is 31.4 Å². The van der Waals surface area contributed by atoms with Gasteiger partial charge in [0.15, 0.2) is 0 Å². The highest BCUT2D eigenvalue weighted by atomic mass is 32.2. The van der Waals surface area contributed by atoms with E-state index < -0.39 is 0 Å². The molecule has 1 saturated heterocycles. The predicted molar refractivity (Wildman–Crippen MR) is 66.5 cm³/mol. The summed E-state index contributed by atoms with van der Waals surface area (Å²) in [5, 5.41) is -0.0823. The van der Waals surface area contributed by atoms with Crippen LogP contribution in [0.15, 0.2) is 23.8 Å². The van der Waals surface area contributed by atoms with Gasteiger partial charge in [-0.15, -0.1) is 0 Å². The summed E-state index contributed by atoms with van der Waals surface area (Å²) in [5.41, 5.74) is 0.593. The molecule has 0 N–H and O–H groups in total. The van der Waals surface area contributed by atoms with E-state index in [4.69, 9.17) is 0 Å². The van der Waals surface area contributed by atoms with Crippen LogP contribution in [0.3, 0.4) is 0 Å². The van der Waals surface area contributed by atoms with Crippen molar-refractivity contribution in [1.82, 2.24) is 0 Å². The first-order chi connectivity index (χ1) is 7.68. The average Bonchev–Trinajstić information content (AvgIpc) is 2.81. The number of allylic oxidation sites excluding steroid dienone is 4. The van der Waals surface area contributed by atoms with Crippen LogP contribution >= 0.6 is 11.8 Å². The van der Waals surface area contributed by atoms with Gasteiger partial charge in [-0.3, -0.25) is 9.59 Å². The molecule has 86 valence electrons. The Bertz CT molecular complexity index is 362. The number of carbonyl (C=O) groups is 2. The van der Waals surface area contributed by atoms with Crippen molar-refractivity contribution in [3.05, 3.63) is 23.8 Å². The summed E-state index contributed by atoms with van der Waals surface area (Å²) in [7, 11) is 0. The summed E-state index contributed by atoms with van der Waals surface area (Å²) in [5.74, 6) is 0.998. The van der Waals surface area contributed by atoms with Crippen LogP contribution in [0.5, 0.6) is 0 Å². The zero-order chi connectivity index (χ0) is 11.5. The lowest BCUT2D eigenvalue weighted by atomic mass is 9.94. The van der Waals surface area contributed by atoms with Crippen molar-refractivity contribution >= 4 is 23.3 Å². The van der Waals surface area contributed by atoms with Gasteiger partial charge in [0.2, 0.25) is 11.6 Å². The second-order valence-corrected chi connectivity index (χ2v) is 5.74. The molecule has 0 bridgehead atoms. The molecule has 16 heavy (non-hydrogen) atoms. The van der Waals surface area contributed by atoms with Crippen LogP contribution in [0.4, 0.5) is 0 Å². The fraction of sp³-hybridized carbons (Fsp3) is 0.538. The molecule has 1 aliphatic heterocycles. The Morgan fingerprint density at radius 3 is 2.81 bits per heavy atom. The van der Waals surface area contributed by atoms with Crippen LogP contribution in [0.25, 0.3) is 0 Å². The van der Waals surface area contributed by atoms with E-state index in [1.807, 2.05) is 12.2 Å². The zero-order valence-corrected chi connectivity index (χ0v) is 10.3. The van der Waals surface area contributed by atoms with Gasteiger partial charge in [0.1, 0.15) is 0 Å². The monoisotopic (exact) mass is 236 g/mol. The number of hydrogen-bond donors (Lipinski definition) is 0. The largest absolute Gasteiger partial charge is 0.289 e. The summed E-state index contributed by atoms with van der Waals surface area (Å²) in [4.78, 5) is 23.8. The third-order valence-electron chi connectivity index (χ3n) is 3.02. The van der Waals surface area contributed by atoms with Crippen molar-refractivity contribution < 1.29 is 9.59 Å².